The van der Waals surface area contributed by atoms with E-state index in [1.807, 2.05) is 37.3 Å². The van der Waals surface area contributed by atoms with Crippen LogP contribution < -0.4 is 10.2 Å². The first kappa shape index (κ1) is 15.6. The maximum Gasteiger partial charge on any atom is 0.225 e. The second-order valence-electron chi connectivity index (χ2n) is 4.81. The molecule has 0 saturated carbocycles. The van der Waals surface area contributed by atoms with Crippen molar-refractivity contribution < 1.29 is 0 Å². The molecule has 0 aliphatic rings. The quantitative estimate of drug-likeness (QED) is 0.879. The van der Waals surface area contributed by atoms with Crippen molar-refractivity contribution in [3.05, 3.63) is 46.6 Å². The summed E-state index contributed by atoms with van der Waals surface area (Å²) in [5.41, 5.74) is 1.99. The zero-order chi connectivity index (χ0) is 15.2. The van der Waals surface area contributed by atoms with E-state index in [1.165, 1.54) is 0 Å². The van der Waals surface area contributed by atoms with E-state index in [4.69, 9.17) is 11.6 Å². The molecule has 2 aromatic rings. The fourth-order valence-electron chi connectivity index (χ4n) is 2.16. The monoisotopic (exact) mass is 304 g/mol. The standard InChI is InChI=1S/C16H21ClN4/c1-4-21(5-2)15-10-12(3)19-16(20-15)18-11-13-8-6-7-9-14(13)17/h6-10H,4-5,11H2,1-3H3,(H,18,19,20). The zero-order valence-electron chi connectivity index (χ0n) is 12.7. The maximum atomic E-state index is 6.16. The molecule has 0 saturated heterocycles. The number of rotatable bonds is 6. The fourth-order valence-corrected chi connectivity index (χ4v) is 2.36. The lowest BCUT2D eigenvalue weighted by Gasteiger charge is -2.20. The summed E-state index contributed by atoms with van der Waals surface area (Å²) >= 11 is 6.16. The van der Waals surface area contributed by atoms with Gasteiger partial charge in [0.15, 0.2) is 0 Å². The van der Waals surface area contributed by atoms with Crippen LogP contribution in [-0.2, 0) is 6.54 Å². The molecule has 0 radical (unpaired) electrons. The van der Waals surface area contributed by atoms with Crippen LogP contribution in [0.4, 0.5) is 11.8 Å². The number of anilines is 2. The highest BCUT2D eigenvalue weighted by molar-refractivity contribution is 6.31. The van der Waals surface area contributed by atoms with Crippen molar-refractivity contribution in [3.63, 3.8) is 0 Å². The van der Waals surface area contributed by atoms with Gasteiger partial charge in [0.05, 0.1) is 0 Å². The van der Waals surface area contributed by atoms with E-state index in [2.05, 4.69) is 34.0 Å². The second kappa shape index (κ2) is 7.27. The molecule has 0 bridgehead atoms. The summed E-state index contributed by atoms with van der Waals surface area (Å²) in [4.78, 5) is 11.2. The summed E-state index contributed by atoms with van der Waals surface area (Å²) in [7, 11) is 0. The van der Waals surface area contributed by atoms with Crippen LogP contribution in [-0.4, -0.2) is 23.1 Å². The van der Waals surface area contributed by atoms with Crippen LogP contribution in [0.2, 0.25) is 5.02 Å². The molecule has 1 heterocycles. The smallest absolute Gasteiger partial charge is 0.225 e. The van der Waals surface area contributed by atoms with Gasteiger partial charge < -0.3 is 10.2 Å². The maximum absolute atomic E-state index is 6.16. The van der Waals surface area contributed by atoms with Crippen LogP contribution in [0.5, 0.6) is 0 Å². The SMILES string of the molecule is CCN(CC)c1cc(C)nc(NCc2ccccc2Cl)n1. The number of benzene rings is 1. The van der Waals surface area contributed by atoms with Crippen molar-refractivity contribution in [1.82, 2.24) is 9.97 Å². The number of halogens is 1. The van der Waals surface area contributed by atoms with Crippen LogP contribution in [0, 0.1) is 6.92 Å². The molecule has 0 atom stereocenters. The molecular formula is C16H21ClN4. The van der Waals surface area contributed by atoms with E-state index in [9.17, 15) is 0 Å². The van der Waals surface area contributed by atoms with E-state index < -0.39 is 0 Å². The van der Waals surface area contributed by atoms with Gasteiger partial charge in [-0.1, -0.05) is 29.8 Å². The minimum absolute atomic E-state index is 0.612. The fraction of sp³-hybridized carbons (Fsp3) is 0.375. The minimum Gasteiger partial charge on any atom is -0.357 e. The first-order chi connectivity index (χ1) is 10.1. The van der Waals surface area contributed by atoms with Gasteiger partial charge in [-0.3, -0.25) is 0 Å². The van der Waals surface area contributed by atoms with Gasteiger partial charge in [0.1, 0.15) is 5.82 Å². The van der Waals surface area contributed by atoms with E-state index in [1.54, 1.807) is 0 Å². The normalized spacial score (nSPS) is 10.5. The minimum atomic E-state index is 0.612. The number of aryl methyl sites for hydroxylation is 1. The highest BCUT2D eigenvalue weighted by atomic mass is 35.5. The molecule has 4 nitrogen and oxygen atoms in total. The third-order valence-corrected chi connectivity index (χ3v) is 3.69. The van der Waals surface area contributed by atoms with E-state index in [0.29, 0.717) is 12.5 Å². The van der Waals surface area contributed by atoms with Gasteiger partial charge in [0.25, 0.3) is 0 Å². The molecule has 0 aliphatic carbocycles. The molecule has 0 aliphatic heterocycles. The topological polar surface area (TPSA) is 41.1 Å². The molecular weight excluding hydrogens is 284 g/mol. The van der Waals surface area contributed by atoms with Crippen LogP contribution in [0.3, 0.4) is 0 Å². The van der Waals surface area contributed by atoms with Gasteiger partial charge in [0, 0.05) is 36.4 Å². The molecule has 0 unspecified atom stereocenters. The highest BCUT2D eigenvalue weighted by Crippen LogP contribution is 2.18. The lowest BCUT2D eigenvalue weighted by Crippen LogP contribution is -2.23. The average molecular weight is 305 g/mol. The van der Waals surface area contributed by atoms with Gasteiger partial charge in [-0.25, -0.2) is 4.98 Å². The van der Waals surface area contributed by atoms with Gasteiger partial charge in [0.2, 0.25) is 5.95 Å². The molecule has 112 valence electrons. The number of nitrogens with one attached hydrogen (secondary N) is 1. The average Bonchev–Trinajstić information content (AvgIpc) is 2.47. The summed E-state index contributed by atoms with van der Waals surface area (Å²) < 4.78 is 0. The Balaban J connectivity index is 2.15. The zero-order valence-corrected chi connectivity index (χ0v) is 13.5. The van der Waals surface area contributed by atoms with E-state index >= 15 is 0 Å². The molecule has 1 aromatic carbocycles. The Morgan fingerprint density at radius 2 is 1.86 bits per heavy atom. The van der Waals surface area contributed by atoms with Gasteiger partial charge in [-0.2, -0.15) is 4.98 Å². The highest BCUT2D eigenvalue weighted by Gasteiger charge is 2.08. The first-order valence-corrected chi connectivity index (χ1v) is 7.59. The Morgan fingerprint density at radius 1 is 1.14 bits per heavy atom. The van der Waals surface area contributed by atoms with E-state index in [-0.39, 0.29) is 0 Å². The summed E-state index contributed by atoms with van der Waals surface area (Å²) in [6.07, 6.45) is 0. The molecule has 5 heteroatoms. The van der Waals surface area contributed by atoms with Crippen LogP contribution >= 0.6 is 11.6 Å². The van der Waals surface area contributed by atoms with Crippen molar-refractivity contribution in [2.24, 2.45) is 0 Å². The number of hydrogen-bond acceptors (Lipinski definition) is 4. The Hall–Kier alpha value is -1.81. The summed E-state index contributed by atoms with van der Waals surface area (Å²) in [6.45, 7) is 8.69. The molecule has 0 fully saturated rings. The van der Waals surface area contributed by atoms with Crippen LogP contribution in [0.1, 0.15) is 25.1 Å². The number of aromatic nitrogens is 2. The molecule has 1 aromatic heterocycles. The van der Waals surface area contributed by atoms with E-state index in [0.717, 1.165) is 35.2 Å². The van der Waals surface area contributed by atoms with Crippen LogP contribution in [0.25, 0.3) is 0 Å². The largest absolute Gasteiger partial charge is 0.357 e. The Bertz CT molecular complexity index is 597. The Kier molecular flexibility index (Phi) is 5.39. The summed E-state index contributed by atoms with van der Waals surface area (Å²) in [6, 6.07) is 9.79. The predicted molar refractivity (Wildman–Crippen MR) is 89.1 cm³/mol. The van der Waals surface area contributed by atoms with Gasteiger partial charge >= 0.3 is 0 Å². The summed E-state index contributed by atoms with van der Waals surface area (Å²) in [5.74, 6) is 1.59. The Morgan fingerprint density at radius 3 is 2.52 bits per heavy atom. The molecule has 0 spiro atoms. The third-order valence-electron chi connectivity index (χ3n) is 3.32. The Labute approximate surface area is 131 Å². The van der Waals surface area contributed by atoms with Crippen molar-refractivity contribution in [1.29, 1.82) is 0 Å². The lowest BCUT2D eigenvalue weighted by atomic mass is 10.2. The second-order valence-corrected chi connectivity index (χ2v) is 5.22. The summed E-state index contributed by atoms with van der Waals surface area (Å²) in [5, 5.41) is 4.00. The molecule has 0 amide bonds. The number of nitrogens with zero attached hydrogens (tertiary/aromatic N) is 3. The van der Waals surface area contributed by atoms with Crippen molar-refractivity contribution in [3.8, 4) is 0 Å². The van der Waals surface area contributed by atoms with Crippen molar-refractivity contribution >= 4 is 23.4 Å². The van der Waals surface area contributed by atoms with Gasteiger partial charge in [-0.05, 0) is 32.4 Å². The van der Waals surface area contributed by atoms with Crippen molar-refractivity contribution in [2.75, 3.05) is 23.3 Å². The third kappa shape index (κ3) is 4.08. The van der Waals surface area contributed by atoms with Crippen molar-refractivity contribution in [2.45, 2.75) is 27.3 Å². The lowest BCUT2D eigenvalue weighted by molar-refractivity contribution is 0.838. The molecule has 21 heavy (non-hydrogen) atoms. The van der Waals surface area contributed by atoms with Gasteiger partial charge in [-0.15, -0.1) is 0 Å². The molecule has 2 rings (SSSR count). The number of hydrogen-bond donors (Lipinski definition) is 1. The van der Waals surface area contributed by atoms with Crippen LogP contribution in [0.15, 0.2) is 30.3 Å². The predicted octanol–water partition coefficient (Wildman–Crippen LogP) is 3.90. The first-order valence-electron chi connectivity index (χ1n) is 7.22. The molecule has 1 N–H and O–H groups in total.